The quantitative estimate of drug-likeness (QED) is 0.135. The number of aliphatic hydroxyl groups is 1. The number of benzene rings is 2. The molecule has 0 radical (unpaired) electrons. The molecule has 304 valence electrons. The van der Waals surface area contributed by atoms with Gasteiger partial charge in [-0.15, -0.1) is 11.3 Å². The number of likely N-dealkylation sites (tertiary alicyclic amines) is 1. The number of hydrogen-bond donors (Lipinski definition) is 4. The summed E-state index contributed by atoms with van der Waals surface area (Å²) in [6.45, 7) is 9.35. The Hall–Kier alpha value is -4.17. The summed E-state index contributed by atoms with van der Waals surface area (Å²) in [5, 5.41) is 29.8. The summed E-state index contributed by atoms with van der Waals surface area (Å²) in [6.07, 6.45) is 3.26. The summed E-state index contributed by atoms with van der Waals surface area (Å²) >= 11 is 1.17. The highest BCUT2D eigenvalue weighted by atomic mass is 32.1. The van der Waals surface area contributed by atoms with E-state index in [4.69, 9.17) is 4.74 Å². The average molecular weight is 790 g/mol. The van der Waals surface area contributed by atoms with Gasteiger partial charge in [-0.3, -0.25) is 24.1 Å². The molecule has 12 nitrogen and oxygen atoms in total. The van der Waals surface area contributed by atoms with Gasteiger partial charge >= 0.3 is 5.97 Å². The summed E-state index contributed by atoms with van der Waals surface area (Å²) in [5.74, 6) is -2.70. The van der Waals surface area contributed by atoms with Crippen LogP contribution in [0.15, 0.2) is 53.9 Å². The van der Waals surface area contributed by atoms with Gasteiger partial charge in [0.1, 0.15) is 22.8 Å². The van der Waals surface area contributed by atoms with Crippen LogP contribution in [-0.2, 0) is 25.5 Å². The Labute approximate surface area is 335 Å². The largest absolute Gasteiger partial charge is 0.481 e. The number of rotatable bonds is 17. The molecule has 1 fully saturated rings. The van der Waals surface area contributed by atoms with Crippen LogP contribution in [0.4, 0.5) is 0 Å². The summed E-state index contributed by atoms with van der Waals surface area (Å²) in [6, 6.07) is 13.8. The third kappa shape index (κ3) is 10.4. The van der Waals surface area contributed by atoms with Crippen molar-refractivity contribution in [1.82, 2.24) is 25.4 Å². The molecule has 7 atom stereocenters. The van der Waals surface area contributed by atoms with Crippen LogP contribution in [0, 0.1) is 11.8 Å². The lowest BCUT2D eigenvalue weighted by atomic mass is 9.79. The Morgan fingerprint density at radius 2 is 1.82 bits per heavy atom. The minimum atomic E-state index is -1.07. The number of nitrogens with one attached hydrogen (secondary N) is 2. The number of aliphatic hydroxyl groups excluding tert-OH is 1. The van der Waals surface area contributed by atoms with Gasteiger partial charge in [-0.25, -0.2) is 4.98 Å². The number of fused-ring (bicyclic) bond motifs is 1. The molecular formula is C43H59N5O7S. The van der Waals surface area contributed by atoms with Crippen molar-refractivity contribution >= 4 is 35.0 Å². The van der Waals surface area contributed by atoms with Gasteiger partial charge in [0.25, 0.3) is 5.91 Å². The number of carbonyl (C=O) groups excluding carboxylic acids is 3. The van der Waals surface area contributed by atoms with E-state index >= 15 is 0 Å². The van der Waals surface area contributed by atoms with E-state index in [0.717, 1.165) is 48.1 Å². The second kappa shape index (κ2) is 19.8. The SMILES string of the molecule is CCC(C)C(NC(=O)C1CCCCN1C)C(=O)N(CCOC)[C@H](C[C@@H](O)c1nc(C(=O)N[C@H]2Cc3ccc(-c4ccccc4)cc3[C@H](C(=O)O)C2)cs1)C(C)C. The lowest BCUT2D eigenvalue weighted by Crippen LogP contribution is -2.59. The first-order valence-electron chi connectivity index (χ1n) is 20.0. The molecule has 56 heavy (non-hydrogen) atoms. The van der Waals surface area contributed by atoms with Crippen molar-refractivity contribution in [3.8, 4) is 11.1 Å². The Morgan fingerprint density at radius 3 is 2.48 bits per heavy atom. The van der Waals surface area contributed by atoms with Crippen molar-refractivity contribution in [1.29, 1.82) is 0 Å². The molecule has 2 aromatic carbocycles. The number of likely N-dealkylation sites (N-methyl/N-ethyl adjacent to an activating group) is 1. The third-order valence-electron chi connectivity index (χ3n) is 11.6. The second-order valence-corrected chi connectivity index (χ2v) is 16.7. The van der Waals surface area contributed by atoms with Crippen LogP contribution >= 0.6 is 11.3 Å². The number of aliphatic carboxylic acids is 1. The molecule has 0 saturated carbocycles. The molecule has 1 saturated heterocycles. The fourth-order valence-electron chi connectivity index (χ4n) is 8.06. The average Bonchev–Trinajstić information content (AvgIpc) is 3.70. The molecule has 4 N–H and O–H groups in total. The predicted octanol–water partition coefficient (Wildman–Crippen LogP) is 5.66. The van der Waals surface area contributed by atoms with E-state index in [1.54, 1.807) is 17.4 Å². The van der Waals surface area contributed by atoms with Crippen molar-refractivity contribution in [3.05, 3.63) is 75.7 Å². The zero-order chi connectivity index (χ0) is 40.5. The van der Waals surface area contributed by atoms with Gasteiger partial charge in [-0.1, -0.05) is 89.1 Å². The number of aromatic nitrogens is 1. The highest BCUT2D eigenvalue weighted by Gasteiger charge is 2.38. The molecule has 1 aliphatic carbocycles. The first-order chi connectivity index (χ1) is 26.8. The summed E-state index contributed by atoms with van der Waals surface area (Å²) in [4.78, 5) is 62.3. The third-order valence-corrected chi connectivity index (χ3v) is 12.5. The molecule has 1 aromatic heterocycles. The molecule has 0 spiro atoms. The van der Waals surface area contributed by atoms with Gasteiger partial charge in [0.15, 0.2) is 0 Å². The van der Waals surface area contributed by atoms with Gasteiger partial charge in [0.05, 0.1) is 18.6 Å². The van der Waals surface area contributed by atoms with Crippen molar-refractivity contribution in [3.63, 3.8) is 0 Å². The highest BCUT2D eigenvalue weighted by Crippen LogP contribution is 2.36. The van der Waals surface area contributed by atoms with Gasteiger partial charge in [-0.2, -0.15) is 0 Å². The topological polar surface area (TPSA) is 161 Å². The first-order valence-corrected chi connectivity index (χ1v) is 20.9. The smallest absolute Gasteiger partial charge is 0.311 e. The Kier molecular flexibility index (Phi) is 15.2. The number of nitrogens with zero attached hydrogens (tertiary/aromatic N) is 3. The van der Waals surface area contributed by atoms with E-state index in [2.05, 4.69) is 20.5 Å². The zero-order valence-corrected chi connectivity index (χ0v) is 34.4. The van der Waals surface area contributed by atoms with E-state index in [9.17, 15) is 29.4 Å². The first kappa shape index (κ1) is 43.0. The van der Waals surface area contributed by atoms with E-state index in [1.807, 2.05) is 83.3 Å². The number of carboxylic acids is 1. The zero-order valence-electron chi connectivity index (χ0n) is 33.6. The van der Waals surface area contributed by atoms with Crippen molar-refractivity contribution in [2.24, 2.45) is 11.8 Å². The number of methoxy groups -OCH3 is 1. The highest BCUT2D eigenvalue weighted by molar-refractivity contribution is 7.09. The monoisotopic (exact) mass is 789 g/mol. The predicted molar refractivity (Wildman–Crippen MR) is 217 cm³/mol. The molecule has 2 aliphatic rings. The van der Waals surface area contributed by atoms with Crippen LogP contribution in [0.2, 0.25) is 0 Å². The van der Waals surface area contributed by atoms with Crippen LogP contribution in [0.1, 0.15) is 105 Å². The molecule has 5 rings (SSSR count). The molecule has 2 heterocycles. The molecule has 13 heteroatoms. The fraction of sp³-hybridized carbons (Fsp3) is 0.558. The lowest BCUT2D eigenvalue weighted by Gasteiger charge is -2.39. The Morgan fingerprint density at radius 1 is 1.07 bits per heavy atom. The maximum absolute atomic E-state index is 14.5. The molecule has 3 amide bonds. The van der Waals surface area contributed by atoms with Crippen molar-refractivity contribution in [2.45, 2.75) is 109 Å². The second-order valence-electron chi connectivity index (χ2n) is 15.8. The number of ether oxygens (including phenoxy) is 1. The van der Waals surface area contributed by atoms with Crippen LogP contribution in [-0.4, -0.2) is 107 Å². The summed E-state index contributed by atoms with van der Waals surface area (Å²) in [7, 11) is 3.52. The van der Waals surface area contributed by atoms with Gasteiger partial charge in [-0.05, 0) is 73.4 Å². The van der Waals surface area contributed by atoms with Crippen LogP contribution < -0.4 is 10.6 Å². The van der Waals surface area contributed by atoms with Crippen LogP contribution in [0.3, 0.4) is 0 Å². The van der Waals surface area contributed by atoms with E-state index in [0.29, 0.717) is 17.8 Å². The number of amides is 3. The Balaban J connectivity index is 1.28. The molecule has 3 aromatic rings. The minimum Gasteiger partial charge on any atom is -0.481 e. The molecular weight excluding hydrogens is 731 g/mol. The Bertz CT molecular complexity index is 1800. The number of piperidine rings is 1. The van der Waals surface area contributed by atoms with Crippen LogP contribution in [0.25, 0.3) is 11.1 Å². The van der Waals surface area contributed by atoms with Gasteiger partial charge in [0, 0.05) is 37.5 Å². The standard InChI is InChI=1S/C43H59N5O7S/c1-7-27(4)38(46-40(51)35-15-11-12-18-47(35)5)42(52)48(19-20-55-6)36(26(2)3)24-37(49)41-45-34(25-56-41)39(50)44-31-21-30-17-16-29(28-13-9-8-10-14-28)22-32(30)33(23-31)43(53)54/h8-10,13-14,16-17,22,25-27,31,33,35-38,49H,7,11-12,15,18-21,23-24H2,1-6H3,(H,44,50)(H,46,51)(H,53,54)/t27?,31-,33+,35?,36+,37+,38?/m0/s1. The normalized spacial score (nSPS) is 20.7. The lowest BCUT2D eigenvalue weighted by molar-refractivity contribution is -0.143. The van der Waals surface area contributed by atoms with E-state index < -0.39 is 42.0 Å². The maximum atomic E-state index is 14.5. The van der Waals surface area contributed by atoms with Gasteiger partial charge < -0.3 is 30.5 Å². The summed E-state index contributed by atoms with van der Waals surface area (Å²) < 4.78 is 5.42. The molecule has 0 bridgehead atoms. The van der Waals surface area contributed by atoms with Crippen LogP contribution in [0.5, 0.6) is 0 Å². The van der Waals surface area contributed by atoms with Crippen molar-refractivity contribution < 1.29 is 34.1 Å². The molecule has 3 unspecified atom stereocenters. The van der Waals surface area contributed by atoms with E-state index in [-0.39, 0.29) is 61.4 Å². The summed E-state index contributed by atoms with van der Waals surface area (Å²) in [5.41, 5.74) is 3.74. The molecule has 1 aliphatic heterocycles. The van der Waals surface area contributed by atoms with E-state index in [1.165, 1.54) is 11.3 Å². The van der Waals surface area contributed by atoms with Crippen molar-refractivity contribution in [2.75, 3.05) is 33.9 Å². The number of thiazole rings is 1. The maximum Gasteiger partial charge on any atom is 0.311 e. The number of carbonyl (C=O) groups is 4. The fourth-order valence-corrected chi connectivity index (χ4v) is 8.86. The number of carboxylic acid groups (broad SMARTS) is 1. The minimum absolute atomic E-state index is 0.0638. The number of hydrogen-bond acceptors (Lipinski definition) is 9. The van der Waals surface area contributed by atoms with Gasteiger partial charge in [0.2, 0.25) is 11.8 Å².